The third kappa shape index (κ3) is 3.17. The average molecular weight is 299 g/mol. The van der Waals surface area contributed by atoms with Crippen LogP contribution in [-0.2, 0) is 11.3 Å². The normalized spacial score (nSPS) is 10.4. The lowest BCUT2D eigenvalue weighted by Gasteiger charge is -2.05. The molecule has 0 aliphatic carbocycles. The maximum Gasteiger partial charge on any atom is 0.513 e. The fourth-order valence-corrected chi connectivity index (χ4v) is 1.87. The fraction of sp³-hybridized carbons (Fsp3) is 0.125. The van der Waals surface area contributed by atoms with E-state index in [-0.39, 0.29) is 6.61 Å². The number of carbonyl (C=O) groups is 1. The lowest BCUT2D eigenvalue weighted by Crippen LogP contribution is -2.07. The molecule has 0 aliphatic rings. The van der Waals surface area contributed by atoms with E-state index in [1.54, 1.807) is 24.3 Å². The highest BCUT2D eigenvalue weighted by Gasteiger charge is 2.07. The van der Waals surface area contributed by atoms with Gasteiger partial charge in [0.1, 0.15) is 17.0 Å². The smallest absolute Gasteiger partial charge is 0.484 e. The number of aromatic nitrogens is 1. The van der Waals surface area contributed by atoms with Crippen LogP contribution in [0.1, 0.15) is 5.89 Å². The molecule has 0 atom stereocenters. The summed E-state index contributed by atoms with van der Waals surface area (Å²) in [6.07, 6.45) is -0.764. The first kappa shape index (κ1) is 13.9. The number of methoxy groups -OCH3 is 1. The van der Waals surface area contributed by atoms with Crippen molar-refractivity contribution in [3.05, 3.63) is 54.4 Å². The van der Waals surface area contributed by atoms with Gasteiger partial charge in [-0.1, -0.05) is 12.1 Å². The van der Waals surface area contributed by atoms with Crippen LogP contribution in [0.5, 0.6) is 11.5 Å². The van der Waals surface area contributed by atoms with Crippen molar-refractivity contribution < 1.29 is 23.4 Å². The second-order valence-corrected chi connectivity index (χ2v) is 4.39. The standard InChI is InChI=1S/C16H13NO5/c1-19-16(18)21-12-8-6-11(7-9-12)20-10-15-17-13-4-2-3-5-14(13)22-15/h2-9H,10H2,1H3. The second kappa shape index (κ2) is 6.17. The Bertz CT molecular complexity index is 746. The van der Waals surface area contributed by atoms with E-state index in [4.69, 9.17) is 13.9 Å². The summed E-state index contributed by atoms with van der Waals surface area (Å²) in [4.78, 5) is 15.3. The minimum Gasteiger partial charge on any atom is -0.484 e. The van der Waals surface area contributed by atoms with Gasteiger partial charge in [-0.15, -0.1) is 0 Å². The minimum atomic E-state index is -0.764. The number of hydrogen-bond acceptors (Lipinski definition) is 6. The van der Waals surface area contributed by atoms with E-state index in [1.165, 1.54) is 7.11 Å². The topological polar surface area (TPSA) is 70.8 Å². The molecule has 3 aromatic rings. The zero-order valence-electron chi connectivity index (χ0n) is 11.8. The molecule has 0 saturated heterocycles. The number of carbonyl (C=O) groups excluding carboxylic acids is 1. The van der Waals surface area contributed by atoms with Gasteiger partial charge in [0.05, 0.1) is 7.11 Å². The largest absolute Gasteiger partial charge is 0.513 e. The van der Waals surface area contributed by atoms with Crippen LogP contribution in [0.25, 0.3) is 11.1 Å². The zero-order valence-corrected chi connectivity index (χ0v) is 11.8. The fourth-order valence-electron chi connectivity index (χ4n) is 1.87. The molecule has 6 nitrogen and oxygen atoms in total. The van der Waals surface area contributed by atoms with E-state index < -0.39 is 6.16 Å². The highest BCUT2D eigenvalue weighted by Crippen LogP contribution is 2.20. The molecule has 0 spiro atoms. The number of fused-ring (bicyclic) bond motifs is 1. The van der Waals surface area contributed by atoms with Crippen LogP contribution in [0.3, 0.4) is 0 Å². The van der Waals surface area contributed by atoms with Gasteiger partial charge in [0.15, 0.2) is 12.2 Å². The van der Waals surface area contributed by atoms with Crippen LogP contribution in [0, 0.1) is 0 Å². The molecule has 0 bridgehead atoms. The Morgan fingerprint density at radius 1 is 1.09 bits per heavy atom. The highest BCUT2D eigenvalue weighted by atomic mass is 16.7. The van der Waals surface area contributed by atoms with E-state index in [1.807, 2.05) is 24.3 Å². The van der Waals surface area contributed by atoms with Crippen molar-refractivity contribution in [1.82, 2.24) is 4.98 Å². The maximum absolute atomic E-state index is 11.0. The molecule has 0 N–H and O–H groups in total. The Morgan fingerprint density at radius 3 is 2.55 bits per heavy atom. The molecule has 3 rings (SSSR count). The summed E-state index contributed by atoms with van der Waals surface area (Å²) >= 11 is 0. The third-order valence-corrected chi connectivity index (χ3v) is 2.89. The number of hydrogen-bond donors (Lipinski definition) is 0. The van der Waals surface area contributed by atoms with Gasteiger partial charge in [0.25, 0.3) is 0 Å². The third-order valence-electron chi connectivity index (χ3n) is 2.89. The summed E-state index contributed by atoms with van der Waals surface area (Å²) in [5.74, 6) is 1.48. The molecule has 0 radical (unpaired) electrons. The van der Waals surface area contributed by atoms with Crippen molar-refractivity contribution in [2.24, 2.45) is 0 Å². The van der Waals surface area contributed by atoms with Gasteiger partial charge < -0.3 is 18.6 Å². The molecule has 2 aromatic carbocycles. The monoisotopic (exact) mass is 299 g/mol. The van der Waals surface area contributed by atoms with Crippen molar-refractivity contribution in [2.45, 2.75) is 6.61 Å². The van der Waals surface area contributed by atoms with E-state index in [2.05, 4.69) is 9.72 Å². The summed E-state index contributed by atoms with van der Waals surface area (Å²) in [5.41, 5.74) is 1.52. The van der Waals surface area contributed by atoms with E-state index >= 15 is 0 Å². The van der Waals surface area contributed by atoms with Crippen molar-refractivity contribution >= 4 is 17.3 Å². The molecular formula is C16H13NO5. The van der Waals surface area contributed by atoms with Crippen LogP contribution in [0.15, 0.2) is 52.9 Å². The summed E-state index contributed by atoms with van der Waals surface area (Å²) in [5, 5.41) is 0. The Morgan fingerprint density at radius 2 is 1.82 bits per heavy atom. The molecule has 1 heterocycles. The molecule has 0 aliphatic heterocycles. The number of para-hydroxylation sites is 2. The predicted octanol–water partition coefficient (Wildman–Crippen LogP) is 3.55. The summed E-state index contributed by atoms with van der Waals surface area (Å²) < 4.78 is 20.4. The maximum atomic E-state index is 11.0. The average Bonchev–Trinajstić information content (AvgIpc) is 2.97. The SMILES string of the molecule is COC(=O)Oc1ccc(OCc2nc3ccccc3o2)cc1. The van der Waals surface area contributed by atoms with Crippen molar-refractivity contribution in [1.29, 1.82) is 0 Å². The van der Waals surface area contributed by atoms with Gasteiger partial charge in [0.2, 0.25) is 5.89 Å². The molecule has 6 heteroatoms. The molecule has 0 fully saturated rings. The van der Waals surface area contributed by atoms with Gasteiger partial charge in [0, 0.05) is 0 Å². The number of rotatable bonds is 4. The molecule has 0 amide bonds. The first-order chi connectivity index (χ1) is 10.7. The Hall–Kier alpha value is -3.02. The molecule has 0 unspecified atom stereocenters. The van der Waals surface area contributed by atoms with Crippen LogP contribution >= 0.6 is 0 Å². The lowest BCUT2D eigenvalue weighted by molar-refractivity contribution is 0.121. The quantitative estimate of drug-likeness (QED) is 0.542. The van der Waals surface area contributed by atoms with Gasteiger partial charge in [-0.2, -0.15) is 0 Å². The van der Waals surface area contributed by atoms with Crippen LogP contribution in [0.2, 0.25) is 0 Å². The van der Waals surface area contributed by atoms with Crippen molar-refractivity contribution in [2.75, 3.05) is 7.11 Å². The number of ether oxygens (including phenoxy) is 3. The van der Waals surface area contributed by atoms with Crippen molar-refractivity contribution in [3.63, 3.8) is 0 Å². The molecule has 1 aromatic heterocycles. The second-order valence-electron chi connectivity index (χ2n) is 4.39. The van der Waals surface area contributed by atoms with E-state index in [0.29, 0.717) is 17.4 Å². The van der Waals surface area contributed by atoms with Crippen LogP contribution < -0.4 is 9.47 Å². The van der Waals surface area contributed by atoms with E-state index in [9.17, 15) is 4.79 Å². The lowest BCUT2D eigenvalue weighted by atomic mass is 10.3. The molecule has 112 valence electrons. The highest BCUT2D eigenvalue weighted by molar-refractivity contribution is 5.72. The van der Waals surface area contributed by atoms with Crippen molar-refractivity contribution in [3.8, 4) is 11.5 Å². The van der Waals surface area contributed by atoms with Crippen LogP contribution in [0.4, 0.5) is 4.79 Å². The molecule has 22 heavy (non-hydrogen) atoms. The number of oxazole rings is 1. The van der Waals surface area contributed by atoms with E-state index in [0.717, 1.165) is 11.1 Å². The summed E-state index contributed by atoms with van der Waals surface area (Å²) in [6, 6.07) is 14.1. The first-order valence-electron chi connectivity index (χ1n) is 6.58. The summed E-state index contributed by atoms with van der Waals surface area (Å²) in [6.45, 7) is 0.214. The van der Waals surface area contributed by atoms with Gasteiger partial charge in [-0.25, -0.2) is 9.78 Å². The number of benzene rings is 2. The Balaban J connectivity index is 1.62. The first-order valence-corrected chi connectivity index (χ1v) is 6.58. The predicted molar refractivity (Wildman–Crippen MR) is 77.8 cm³/mol. The van der Waals surface area contributed by atoms with Crippen LogP contribution in [-0.4, -0.2) is 18.2 Å². The number of nitrogens with zero attached hydrogens (tertiary/aromatic N) is 1. The Kier molecular flexibility index (Phi) is 3.91. The molecule has 0 saturated carbocycles. The van der Waals surface area contributed by atoms with Gasteiger partial charge in [-0.05, 0) is 36.4 Å². The Labute approximate surface area is 126 Å². The summed E-state index contributed by atoms with van der Waals surface area (Å²) in [7, 11) is 1.25. The van der Waals surface area contributed by atoms with Gasteiger partial charge >= 0.3 is 6.16 Å². The minimum absolute atomic E-state index is 0.214. The molecular weight excluding hydrogens is 286 g/mol. The van der Waals surface area contributed by atoms with Gasteiger partial charge in [-0.3, -0.25) is 0 Å². The zero-order chi connectivity index (χ0) is 15.4.